The van der Waals surface area contributed by atoms with Gasteiger partial charge in [-0.25, -0.2) is 0 Å². The Bertz CT molecular complexity index is 235. The minimum absolute atomic E-state index is 1.32. The topological polar surface area (TPSA) is 12.0 Å². The monoisotopic (exact) mass is 217 g/mol. The first-order valence-electron chi connectivity index (χ1n) is 6.39. The van der Waals surface area contributed by atoms with E-state index in [1.807, 2.05) is 36.7 Å². The summed E-state index contributed by atoms with van der Waals surface area (Å²) in [6.07, 6.45) is 26.1. The van der Waals surface area contributed by atoms with E-state index in [1.165, 1.54) is 44.9 Å². The van der Waals surface area contributed by atoms with Crippen LogP contribution in [0, 0.1) is 0 Å². The second kappa shape index (κ2) is 10.3. The first-order valence-corrected chi connectivity index (χ1v) is 6.39. The fraction of sp³-hybridized carbons (Fsp3) is 0.467. The highest BCUT2D eigenvalue weighted by Crippen LogP contribution is 2.10. The molecule has 2 aliphatic rings. The molecule has 1 nitrogen and oxygen atoms in total. The third-order valence-electron chi connectivity index (χ3n) is 2.63. The summed E-state index contributed by atoms with van der Waals surface area (Å²) in [5, 5.41) is 2.92. The maximum atomic E-state index is 2.92. The van der Waals surface area contributed by atoms with Crippen LogP contribution < -0.4 is 5.32 Å². The molecule has 0 radical (unpaired) electrons. The maximum Gasteiger partial charge on any atom is 0.000442 e. The van der Waals surface area contributed by atoms with E-state index >= 15 is 0 Å². The molecule has 0 unspecified atom stereocenters. The average Bonchev–Trinajstić information content (AvgIpc) is 2.53. The van der Waals surface area contributed by atoms with Crippen LogP contribution in [0.15, 0.2) is 48.9 Å². The third-order valence-corrected chi connectivity index (χ3v) is 2.63. The van der Waals surface area contributed by atoms with E-state index in [0.29, 0.717) is 0 Å². The van der Waals surface area contributed by atoms with E-state index < -0.39 is 0 Å². The van der Waals surface area contributed by atoms with Crippen molar-refractivity contribution in [3.63, 3.8) is 0 Å². The Labute approximate surface area is 99.6 Å². The normalized spacial score (nSPS) is 19.5. The van der Waals surface area contributed by atoms with Crippen LogP contribution in [0.1, 0.15) is 44.9 Å². The van der Waals surface area contributed by atoms with Gasteiger partial charge in [0.2, 0.25) is 0 Å². The van der Waals surface area contributed by atoms with Crippen molar-refractivity contribution in [2.75, 3.05) is 0 Å². The lowest BCUT2D eigenvalue weighted by Gasteiger charge is -1.93. The summed E-state index contributed by atoms with van der Waals surface area (Å²) in [5.74, 6) is 0. The quantitative estimate of drug-likeness (QED) is 0.591. The molecule has 0 atom stereocenters. The Morgan fingerprint density at radius 3 is 1.62 bits per heavy atom. The van der Waals surface area contributed by atoms with Crippen LogP contribution in [-0.2, 0) is 0 Å². The summed E-state index contributed by atoms with van der Waals surface area (Å²) >= 11 is 0. The van der Waals surface area contributed by atoms with Gasteiger partial charge in [-0.05, 0) is 37.8 Å². The zero-order valence-electron chi connectivity index (χ0n) is 10.1. The zero-order valence-corrected chi connectivity index (χ0v) is 10.1. The summed E-state index contributed by atoms with van der Waals surface area (Å²) in [6.45, 7) is 0. The molecule has 0 fully saturated rings. The van der Waals surface area contributed by atoms with Crippen molar-refractivity contribution in [2.24, 2.45) is 0 Å². The molecule has 1 N–H and O–H groups in total. The van der Waals surface area contributed by atoms with Crippen LogP contribution in [0.3, 0.4) is 0 Å². The molecule has 1 heteroatoms. The molecule has 0 aromatic carbocycles. The predicted molar refractivity (Wildman–Crippen MR) is 72.0 cm³/mol. The van der Waals surface area contributed by atoms with Gasteiger partial charge in [-0.2, -0.15) is 0 Å². The van der Waals surface area contributed by atoms with Gasteiger partial charge in [0, 0.05) is 12.4 Å². The van der Waals surface area contributed by atoms with Gasteiger partial charge in [-0.3, -0.25) is 0 Å². The molecular weight excluding hydrogens is 194 g/mol. The molecule has 0 saturated carbocycles. The third kappa shape index (κ3) is 8.10. The maximum absolute atomic E-state index is 2.92. The molecule has 1 aliphatic carbocycles. The minimum atomic E-state index is 1.32. The Balaban J connectivity index is 0.000000165. The molecule has 0 aromatic heterocycles. The summed E-state index contributed by atoms with van der Waals surface area (Å²) in [6, 6.07) is 0. The van der Waals surface area contributed by atoms with E-state index in [2.05, 4.69) is 17.5 Å². The number of rotatable bonds is 0. The van der Waals surface area contributed by atoms with E-state index in [1.54, 1.807) is 0 Å². The van der Waals surface area contributed by atoms with E-state index in [0.717, 1.165) is 0 Å². The van der Waals surface area contributed by atoms with Crippen LogP contribution in [-0.4, -0.2) is 0 Å². The lowest BCUT2D eigenvalue weighted by Crippen LogP contribution is -1.87. The van der Waals surface area contributed by atoms with Gasteiger partial charge in [0.15, 0.2) is 0 Å². The van der Waals surface area contributed by atoms with Crippen molar-refractivity contribution in [2.45, 2.75) is 44.9 Å². The molecule has 0 spiro atoms. The van der Waals surface area contributed by atoms with Crippen LogP contribution in [0.4, 0.5) is 0 Å². The lowest BCUT2D eigenvalue weighted by atomic mass is 10.1. The van der Waals surface area contributed by atoms with Crippen molar-refractivity contribution in [3.8, 4) is 0 Å². The van der Waals surface area contributed by atoms with Crippen LogP contribution >= 0.6 is 0 Å². The molecular formula is C15H23N. The molecule has 88 valence electrons. The molecule has 16 heavy (non-hydrogen) atoms. The first-order chi connectivity index (χ1) is 8.00. The predicted octanol–water partition coefficient (Wildman–Crippen LogP) is 4.46. The lowest BCUT2D eigenvalue weighted by molar-refractivity contribution is 0.632. The Morgan fingerprint density at radius 1 is 0.562 bits per heavy atom. The van der Waals surface area contributed by atoms with Gasteiger partial charge < -0.3 is 5.32 Å². The highest BCUT2D eigenvalue weighted by atomic mass is 14.8. The highest BCUT2D eigenvalue weighted by molar-refractivity contribution is 5.14. The minimum Gasteiger partial charge on any atom is -0.368 e. The van der Waals surface area contributed by atoms with Crippen molar-refractivity contribution in [1.82, 2.24) is 5.32 Å². The SMILES string of the molecule is C1=CC=CNC=C1.C1=CCCCCCCC1. The van der Waals surface area contributed by atoms with Crippen molar-refractivity contribution >= 4 is 0 Å². The van der Waals surface area contributed by atoms with Crippen molar-refractivity contribution in [3.05, 3.63) is 48.9 Å². The van der Waals surface area contributed by atoms with Gasteiger partial charge in [0.25, 0.3) is 0 Å². The molecule has 2 rings (SSSR count). The Kier molecular flexibility index (Phi) is 8.24. The molecule has 1 heterocycles. The number of nitrogens with one attached hydrogen (secondary N) is 1. The smallest absolute Gasteiger partial charge is 0.000442 e. The number of hydrogen-bond acceptors (Lipinski definition) is 1. The van der Waals surface area contributed by atoms with Crippen LogP contribution in [0.2, 0.25) is 0 Å². The fourth-order valence-corrected chi connectivity index (χ4v) is 1.70. The summed E-state index contributed by atoms with van der Waals surface area (Å²) < 4.78 is 0. The second-order valence-electron chi connectivity index (χ2n) is 4.09. The largest absolute Gasteiger partial charge is 0.368 e. The molecule has 0 aromatic rings. The summed E-state index contributed by atoms with van der Waals surface area (Å²) in [7, 11) is 0. The summed E-state index contributed by atoms with van der Waals surface area (Å²) in [4.78, 5) is 0. The Morgan fingerprint density at radius 2 is 1.06 bits per heavy atom. The number of hydrogen-bond donors (Lipinski definition) is 1. The van der Waals surface area contributed by atoms with Crippen molar-refractivity contribution in [1.29, 1.82) is 0 Å². The van der Waals surface area contributed by atoms with Gasteiger partial charge in [0.1, 0.15) is 0 Å². The molecule has 1 aliphatic heterocycles. The second-order valence-corrected chi connectivity index (χ2v) is 4.09. The fourth-order valence-electron chi connectivity index (χ4n) is 1.70. The van der Waals surface area contributed by atoms with Crippen molar-refractivity contribution < 1.29 is 0 Å². The van der Waals surface area contributed by atoms with Gasteiger partial charge in [-0.15, -0.1) is 0 Å². The zero-order chi connectivity index (χ0) is 11.3. The van der Waals surface area contributed by atoms with Gasteiger partial charge >= 0.3 is 0 Å². The standard InChI is InChI=1S/C9H16.C6H7N/c1-2-4-6-8-9-7-5-3-1;1-2-4-6-7-5-3-1/h1-2H,3-9H2;1-7H. The summed E-state index contributed by atoms with van der Waals surface area (Å²) in [5.41, 5.74) is 0. The molecule has 0 saturated heterocycles. The highest BCUT2D eigenvalue weighted by Gasteiger charge is 1.90. The first kappa shape index (κ1) is 12.8. The number of allylic oxidation sites excluding steroid dienone is 6. The van der Waals surface area contributed by atoms with E-state index in [9.17, 15) is 0 Å². The van der Waals surface area contributed by atoms with Crippen LogP contribution in [0.25, 0.3) is 0 Å². The Hall–Kier alpha value is -1.24. The molecule has 0 bridgehead atoms. The average molecular weight is 217 g/mol. The molecule has 0 amide bonds. The van der Waals surface area contributed by atoms with E-state index in [-0.39, 0.29) is 0 Å². The van der Waals surface area contributed by atoms with E-state index in [4.69, 9.17) is 0 Å². The van der Waals surface area contributed by atoms with Gasteiger partial charge in [-0.1, -0.05) is 43.6 Å². The van der Waals surface area contributed by atoms with Crippen LogP contribution in [0.5, 0.6) is 0 Å². The van der Waals surface area contributed by atoms with Gasteiger partial charge in [0.05, 0.1) is 0 Å².